The first-order valence-electron chi connectivity index (χ1n) is 9.31. The first-order valence-corrected chi connectivity index (χ1v) is 11.5. The van der Waals surface area contributed by atoms with E-state index in [0.717, 1.165) is 16.6 Å². The maximum Gasteiger partial charge on any atom is 0.244 e. The molecule has 10 heteroatoms. The van der Waals surface area contributed by atoms with Crippen LogP contribution in [0.2, 0.25) is 5.02 Å². The van der Waals surface area contributed by atoms with Crippen LogP contribution in [-0.4, -0.2) is 45.9 Å². The molecule has 0 aliphatic carbocycles. The van der Waals surface area contributed by atoms with Gasteiger partial charge in [0.05, 0.1) is 23.5 Å². The number of hydrogen-bond acceptors (Lipinski definition) is 5. The Labute approximate surface area is 179 Å². The number of carbonyl (C=O) groups is 1. The zero-order valence-corrected chi connectivity index (χ0v) is 18.0. The van der Waals surface area contributed by atoms with Crippen molar-refractivity contribution < 1.29 is 27.1 Å². The van der Waals surface area contributed by atoms with Gasteiger partial charge >= 0.3 is 0 Å². The number of rotatable bonds is 7. The van der Waals surface area contributed by atoms with Crippen LogP contribution in [0.4, 0.5) is 10.1 Å². The van der Waals surface area contributed by atoms with Crippen molar-refractivity contribution in [3.05, 3.63) is 53.3 Å². The van der Waals surface area contributed by atoms with E-state index in [1.54, 1.807) is 19.1 Å². The molecule has 0 saturated heterocycles. The van der Waals surface area contributed by atoms with Crippen molar-refractivity contribution in [3.8, 4) is 11.5 Å². The molecular weight excluding hydrogens is 435 g/mol. The lowest BCUT2D eigenvalue weighted by molar-refractivity contribution is -0.122. The maximum absolute atomic E-state index is 13.5. The maximum atomic E-state index is 13.5. The molecule has 1 heterocycles. The fourth-order valence-electron chi connectivity index (χ4n) is 3.18. The molecule has 0 saturated carbocycles. The SMILES string of the molecule is CC[C@H](C(=O)NC[C@@H]1COc2ccccc2O1)N(c1ccc(F)c(Cl)c1)S(C)(=O)=O. The minimum Gasteiger partial charge on any atom is -0.486 e. The molecule has 1 amide bonds. The number of sulfonamides is 1. The molecule has 0 radical (unpaired) electrons. The van der Waals surface area contributed by atoms with Crippen molar-refractivity contribution in [1.29, 1.82) is 0 Å². The highest BCUT2D eigenvalue weighted by molar-refractivity contribution is 7.92. The number of halogens is 2. The van der Waals surface area contributed by atoms with Crippen LogP contribution < -0.4 is 19.1 Å². The molecule has 3 rings (SSSR count). The largest absolute Gasteiger partial charge is 0.486 e. The predicted molar refractivity (Wildman–Crippen MR) is 112 cm³/mol. The number of fused-ring (bicyclic) bond motifs is 1. The number of anilines is 1. The fraction of sp³-hybridized carbons (Fsp3) is 0.350. The second-order valence-corrected chi connectivity index (χ2v) is 9.09. The Kier molecular flexibility index (Phi) is 6.72. The number of ether oxygens (including phenoxy) is 2. The monoisotopic (exact) mass is 456 g/mol. The number of amides is 1. The Hall–Kier alpha value is -2.52. The van der Waals surface area contributed by atoms with E-state index in [1.165, 1.54) is 12.1 Å². The smallest absolute Gasteiger partial charge is 0.244 e. The molecule has 1 aliphatic heterocycles. The van der Waals surface area contributed by atoms with E-state index >= 15 is 0 Å². The molecule has 2 aromatic rings. The lowest BCUT2D eigenvalue weighted by Crippen LogP contribution is -2.51. The van der Waals surface area contributed by atoms with Gasteiger partial charge < -0.3 is 14.8 Å². The molecule has 162 valence electrons. The minimum absolute atomic E-state index is 0.108. The molecule has 0 bridgehead atoms. The van der Waals surface area contributed by atoms with Gasteiger partial charge in [-0.25, -0.2) is 12.8 Å². The minimum atomic E-state index is -3.85. The molecular formula is C20H22ClFN2O5S. The van der Waals surface area contributed by atoms with Crippen molar-refractivity contribution in [2.45, 2.75) is 25.5 Å². The summed E-state index contributed by atoms with van der Waals surface area (Å²) in [5.74, 6) is 0.0173. The third-order valence-electron chi connectivity index (χ3n) is 4.56. The van der Waals surface area contributed by atoms with Gasteiger partial charge in [0.1, 0.15) is 24.6 Å². The van der Waals surface area contributed by atoms with Gasteiger partial charge in [0, 0.05) is 0 Å². The van der Waals surface area contributed by atoms with E-state index in [-0.39, 0.29) is 30.3 Å². The molecule has 0 aromatic heterocycles. The molecule has 7 nitrogen and oxygen atoms in total. The van der Waals surface area contributed by atoms with E-state index in [2.05, 4.69) is 5.32 Å². The van der Waals surface area contributed by atoms with Gasteiger partial charge in [-0.05, 0) is 36.8 Å². The standard InChI is InChI=1S/C20H22ClFN2O5S/c1-3-17(24(30(2,26)27)13-8-9-16(22)15(21)10-13)20(25)23-11-14-12-28-18-6-4-5-7-19(18)29-14/h4-10,14,17H,3,11-12H2,1-2H3,(H,23,25)/t14-,17-/m1/s1. The fourth-order valence-corrected chi connectivity index (χ4v) is 4.56. The number of nitrogens with one attached hydrogen (secondary N) is 1. The Bertz CT molecular complexity index is 1030. The van der Waals surface area contributed by atoms with Gasteiger partial charge in [0.25, 0.3) is 0 Å². The summed E-state index contributed by atoms with van der Waals surface area (Å²) in [5, 5.41) is 2.49. The summed E-state index contributed by atoms with van der Waals surface area (Å²) < 4.78 is 50.8. The van der Waals surface area contributed by atoms with E-state index in [1.807, 2.05) is 12.1 Å². The third-order valence-corrected chi connectivity index (χ3v) is 6.03. The molecule has 2 aromatic carbocycles. The van der Waals surface area contributed by atoms with Crippen LogP contribution in [0.1, 0.15) is 13.3 Å². The van der Waals surface area contributed by atoms with Crippen molar-refractivity contribution >= 4 is 33.2 Å². The Morgan fingerprint density at radius 1 is 1.30 bits per heavy atom. The Morgan fingerprint density at radius 2 is 2.00 bits per heavy atom. The van der Waals surface area contributed by atoms with Crippen molar-refractivity contribution in [1.82, 2.24) is 5.32 Å². The summed E-state index contributed by atoms with van der Waals surface area (Å²) in [7, 11) is -3.85. The first-order chi connectivity index (χ1) is 14.2. The average molecular weight is 457 g/mol. The quantitative estimate of drug-likeness (QED) is 0.692. The van der Waals surface area contributed by atoms with Crippen LogP contribution in [-0.2, 0) is 14.8 Å². The number of para-hydroxylation sites is 2. The van der Waals surface area contributed by atoms with Crippen molar-refractivity contribution in [3.63, 3.8) is 0 Å². The van der Waals surface area contributed by atoms with E-state index in [4.69, 9.17) is 21.1 Å². The summed E-state index contributed by atoms with van der Waals surface area (Å²) in [6.07, 6.45) is 0.752. The lowest BCUT2D eigenvalue weighted by Gasteiger charge is -2.31. The average Bonchev–Trinajstić information content (AvgIpc) is 2.71. The van der Waals surface area contributed by atoms with Crippen LogP contribution in [0.3, 0.4) is 0 Å². The lowest BCUT2D eigenvalue weighted by atomic mass is 10.2. The van der Waals surface area contributed by atoms with Gasteiger partial charge in [0.2, 0.25) is 15.9 Å². The van der Waals surface area contributed by atoms with Crippen LogP contribution in [0.15, 0.2) is 42.5 Å². The molecule has 0 spiro atoms. The summed E-state index contributed by atoms with van der Waals surface area (Å²) in [4.78, 5) is 12.9. The third kappa shape index (κ3) is 4.96. The Balaban J connectivity index is 1.74. The van der Waals surface area contributed by atoms with Gasteiger partial charge in [0.15, 0.2) is 11.5 Å². The predicted octanol–water partition coefficient (Wildman–Crippen LogP) is 2.98. The van der Waals surface area contributed by atoms with Crippen molar-refractivity contribution in [2.75, 3.05) is 23.7 Å². The molecule has 0 unspecified atom stereocenters. The van der Waals surface area contributed by atoms with E-state index in [0.29, 0.717) is 11.5 Å². The molecule has 1 aliphatic rings. The van der Waals surface area contributed by atoms with Crippen LogP contribution in [0.5, 0.6) is 11.5 Å². The molecule has 30 heavy (non-hydrogen) atoms. The normalized spacial score (nSPS) is 16.6. The first kappa shape index (κ1) is 22.2. The zero-order chi connectivity index (χ0) is 21.9. The van der Waals surface area contributed by atoms with Gasteiger partial charge in [-0.3, -0.25) is 9.10 Å². The van der Waals surface area contributed by atoms with Crippen LogP contribution in [0, 0.1) is 5.82 Å². The summed E-state index contributed by atoms with van der Waals surface area (Å²) >= 11 is 5.81. The summed E-state index contributed by atoms with van der Waals surface area (Å²) in [6, 6.07) is 9.67. The van der Waals surface area contributed by atoms with Crippen molar-refractivity contribution in [2.24, 2.45) is 0 Å². The molecule has 1 N–H and O–H groups in total. The van der Waals surface area contributed by atoms with Gasteiger partial charge in [-0.2, -0.15) is 0 Å². The topological polar surface area (TPSA) is 84.9 Å². The number of hydrogen-bond donors (Lipinski definition) is 1. The van der Waals surface area contributed by atoms with Gasteiger partial charge in [-0.15, -0.1) is 0 Å². The number of benzene rings is 2. The number of carbonyl (C=O) groups excluding carboxylic acids is 1. The zero-order valence-electron chi connectivity index (χ0n) is 16.5. The second-order valence-electron chi connectivity index (χ2n) is 6.82. The van der Waals surface area contributed by atoms with Crippen LogP contribution >= 0.6 is 11.6 Å². The van der Waals surface area contributed by atoms with Gasteiger partial charge in [-0.1, -0.05) is 30.7 Å². The highest BCUT2D eigenvalue weighted by atomic mass is 35.5. The summed E-state index contributed by atoms with van der Waals surface area (Å²) in [6.45, 7) is 2.06. The van der Waals surface area contributed by atoms with E-state index < -0.39 is 33.9 Å². The van der Waals surface area contributed by atoms with E-state index in [9.17, 15) is 17.6 Å². The molecule has 2 atom stereocenters. The summed E-state index contributed by atoms with van der Waals surface area (Å²) in [5.41, 5.74) is 0.108. The second kappa shape index (κ2) is 9.09. The van der Waals surface area contributed by atoms with Crippen LogP contribution in [0.25, 0.3) is 0 Å². The highest BCUT2D eigenvalue weighted by Crippen LogP contribution is 2.31. The molecule has 0 fully saturated rings. The Morgan fingerprint density at radius 3 is 2.63 bits per heavy atom. The number of nitrogens with zero attached hydrogens (tertiary/aromatic N) is 1. The highest BCUT2D eigenvalue weighted by Gasteiger charge is 2.32.